The van der Waals surface area contributed by atoms with E-state index in [2.05, 4.69) is 25.5 Å². The van der Waals surface area contributed by atoms with Crippen molar-refractivity contribution in [3.63, 3.8) is 0 Å². The van der Waals surface area contributed by atoms with Crippen LogP contribution in [-0.4, -0.2) is 13.1 Å². The summed E-state index contributed by atoms with van der Waals surface area (Å²) in [4.78, 5) is 9.71. The average molecular weight is 144 g/mol. The summed E-state index contributed by atoms with van der Waals surface area (Å²) < 4.78 is 4.55. The van der Waals surface area contributed by atoms with Crippen molar-refractivity contribution in [2.24, 2.45) is 5.41 Å². The molecule has 2 heteroatoms. The summed E-state index contributed by atoms with van der Waals surface area (Å²) in [5.74, 6) is 0. The quantitative estimate of drug-likeness (QED) is 0.445. The SMILES string of the molecule is CC(C)(C)CCCOC=O. The van der Waals surface area contributed by atoms with E-state index in [9.17, 15) is 4.79 Å². The molecule has 2 nitrogen and oxygen atoms in total. The van der Waals surface area contributed by atoms with Gasteiger partial charge in [0.25, 0.3) is 6.47 Å². The molecule has 0 saturated heterocycles. The lowest BCUT2D eigenvalue weighted by Crippen LogP contribution is -2.06. The van der Waals surface area contributed by atoms with E-state index in [1.165, 1.54) is 0 Å². The molecule has 0 amide bonds. The van der Waals surface area contributed by atoms with E-state index in [-0.39, 0.29) is 0 Å². The molecular weight excluding hydrogens is 128 g/mol. The van der Waals surface area contributed by atoms with Gasteiger partial charge in [-0.25, -0.2) is 0 Å². The fraction of sp³-hybridized carbons (Fsp3) is 0.875. The number of hydrogen-bond donors (Lipinski definition) is 0. The molecule has 0 fully saturated rings. The van der Waals surface area contributed by atoms with Crippen LogP contribution in [0.3, 0.4) is 0 Å². The zero-order valence-corrected chi connectivity index (χ0v) is 7.02. The molecule has 0 rings (SSSR count). The van der Waals surface area contributed by atoms with Gasteiger partial charge < -0.3 is 4.74 Å². The second kappa shape index (κ2) is 4.31. The van der Waals surface area contributed by atoms with Gasteiger partial charge in [0.15, 0.2) is 0 Å². The monoisotopic (exact) mass is 144 g/mol. The predicted molar refractivity (Wildman–Crippen MR) is 40.7 cm³/mol. The van der Waals surface area contributed by atoms with E-state index in [0.29, 0.717) is 18.5 Å². The van der Waals surface area contributed by atoms with Crippen molar-refractivity contribution < 1.29 is 9.53 Å². The molecular formula is C8H16O2. The topological polar surface area (TPSA) is 26.3 Å². The average Bonchev–Trinajstić information content (AvgIpc) is 1.78. The van der Waals surface area contributed by atoms with Crippen molar-refractivity contribution in [2.75, 3.05) is 6.61 Å². The number of carbonyl (C=O) groups is 1. The number of rotatable bonds is 4. The highest BCUT2D eigenvalue weighted by Gasteiger charge is 2.08. The first-order valence-electron chi connectivity index (χ1n) is 3.61. The fourth-order valence-corrected chi connectivity index (χ4v) is 0.734. The van der Waals surface area contributed by atoms with Gasteiger partial charge >= 0.3 is 0 Å². The minimum atomic E-state index is 0.353. The molecule has 0 aromatic carbocycles. The Kier molecular flexibility index (Phi) is 4.08. The zero-order chi connectivity index (χ0) is 8.04. The normalized spacial score (nSPS) is 11.1. The molecule has 0 radical (unpaired) electrons. The molecule has 0 unspecified atom stereocenters. The maximum absolute atomic E-state index is 9.71. The third-order valence-corrected chi connectivity index (χ3v) is 1.26. The van der Waals surface area contributed by atoms with Crippen molar-refractivity contribution in [3.05, 3.63) is 0 Å². The van der Waals surface area contributed by atoms with Crippen LogP contribution in [0.25, 0.3) is 0 Å². The summed E-state index contributed by atoms with van der Waals surface area (Å²) in [5, 5.41) is 0. The smallest absolute Gasteiger partial charge is 0.293 e. The molecule has 0 aromatic heterocycles. The number of ether oxygens (including phenoxy) is 1. The van der Waals surface area contributed by atoms with Crippen LogP contribution in [-0.2, 0) is 9.53 Å². The van der Waals surface area contributed by atoms with Gasteiger partial charge in [0.2, 0.25) is 0 Å². The maximum atomic E-state index is 9.71. The standard InChI is InChI=1S/C8H16O2/c1-8(2,3)5-4-6-10-7-9/h7H,4-6H2,1-3H3. The van der Waals surface area contributed by atoms with E-state index in [1.54, 1.807) is 0 Å². The van der Waals surface area contributed by atoms with Crippen molar-refractivity contribution >= 4 is 6.47 Å². The van der Waals surface area contributed by atoms with Crippen LogP contribution in [0.4, 0.5) is 0 Å². The van der Waals surface area contributed by atoms with E-state index in [4.69, 9.17) is 0 Å². The zero-order valence-electron chi connectivity index (χ0n) is 7.02. The second-order valence-electron chi connectivity index (χ2n) is 3.63. The Hall–Kier alpha value is -0.530. The van der Waals surface area contributed by atoms with Gasteiger partial charge in [-0.15, -0.1) is 0 Å². The van der Waals surface area contributed by atoms with E-state index < -0.39 is 0 Å². The van der Waals surface area contributed by atoms with Crippen LogP contribution in [0, 0.1) is 5.41 Å². The van der Waals surface area contributed by atoms with Gasteiger partial charge in [-0.3, -0.25) is 4.79 Å². The number of carbonyl (C=O) groups excluding carboxylic acids is 1. The predicted octanol–water partition coefficient (Wildman–Crippen LogP) is 1.99. The molecule has 0 aromatic rings. The molecule has 60 valence electrons. The summed E-state index contributed by atoms with van der Waals surface area (Å²) in [7, 11) is 0. The van der Waals surface area contributed by atoms with Crippen molar-refractivity contribution in [3.8, 4) is 0 Å². The largest absolute Gasteiger partial charge is 0.468 e. The Balaban J connectivity index is 3.12. The van der Waals surface area contributed by atoms with Gasteiger partial charge in [-0.2, -0.15) is 0 Å². The van der Waals surface area contributed by atoms with Crippen LogP contribution in [0.15, 0.2) is 0 Å². The first-order chi connectivity index (χ1) is 4.56. The first-order valence-corrected chi connectivity index (χ1v) is 3.61. The molecule has 0 atom stereocenters. The second-order valence-corrected chi connectivity index (χ2v) is 3.63. The van der Waals surface area contributed by atoms with E-state index >= 15 is 0 Å². The summed E-state index contributed by atoms with van der Waals surface area (Å²) in [6, 6.07) is 0. The summed E-state index contributed by atoms with van der Waals surface area (Å²) in [6.45, 7) is 7.58. The lowest BCUT2D eigenvalue weighted by atomic mass is 9.91. The highest BCUT2D eigenvalue weighted by atomic mass is 16.5. The minimum absolute atomic E-state index is 0.353. The molecule has 0 heterocycles. The molecule has 0 bridgehead atoms. The Bertz CT molecular complexity index is 91.9. The molecule has 0 aliphatic heterocycles. The van der Waals surface area contributed by atoms with E-state index in [1.807, 2.05) is 0 Å². The summed E-state index contributed by atoms with van der Waals surface area (Å²) in [5.41, 5.74) is 0.353. The molecule has 0 aliphatic rings. The lowest BCUT2D eigenvalue weighted by Gasteiger charge is -2.16. The Labute approximate surface area is 62.6 Å². The van der Waals surface area contributed by atoms with Gasteiger partial charge in [-0.05, 0) is 18.3 Å². The van der Waals surface area contributed by atoms with Crippen LogP contribution in [0.1, 0.15) is 33.6 Å². The van der Waals surface area contributed by atoms with Crippen molar-refractivity contribution in [1.29, 1.82) is 0 Å². The maximum Gasteiger partial charge on any atom is 0.293 e. The first kappa shape index (κ1) is 9.47. The Morgan fingerprint density at radius 1 is 1.40 bits per heavy atom. The third-order valence-electron chi connectivity index (χ3n) is 1.26. The summed E-state index contributed by atoms with van der Waals surface area (Å²) in [6.07, 6.45) is 2.06. The molecule has 0 aliphatic carbocycles. The van der Waals surface area contributed by atoms with Crippen LogP contribution < -0.4 is 0 Å². The fourth-order valence-electron chi connectivity index (χ4n) is 0.734. The Morgan fingerprint density at radius 2 is 2.00 bits per heavy atom. The molecule has 0 N–H and O–H groups in total. The summed E-state index contributed by atoms with van der Waals surface area (Å²) >= 11 is 0. The van der Waals surface area contributed by atoms with Crippen LogP contribution in [0.5, 0.6) is 0 Å². The third kappa shape index (κ3) is 7.47. The van der Waals surface area contributed by atoms with Gasteiger partial charge in [0, 0.05) is 0 Å². The van der Waals surface area contributed by atoms with Crippen LogP contribution in [0.2, 0.25) is 0 Å². The van der Waals surface area contributed by atoms with Gasteiger partial charge in [0.05, 0.1) is 6.61 Å². The lowest BCUT2D eigenvalue weighted by molar-refractivity contribution is -0.128. The van der Waals surface area contributed by atoms with Gasteiger partial charge in [-0.1, -0.05) is 20.8 Å². The highest BCUT2D eigenvalue weighted by Crippen LogP contribution is 2.19. The highest BCUT2D eigenvalue weighted by molar-refractivity contribution is 5.36. The van der Waals surface area contributed by atoms with Crippen molar-refractivity contribution in [2.45, 2.75) is 33.6 Å². The van der Waals surface area contributed by atoms with Crippen molar-refractivity contribution in [1.82, 2.24) is 0 Å². The molecule has 10 heavy (non-hydrogen) atoms. The molecule has 0 spiro atoms. The van der Waals surface area contributed by atoms with Crippen LogP contribution >= 0.6 is 0 Å². The Morgan fingerprint density at radius 3 is 2.40 bits per heavy atom. The minimum Gasteiger partial charge on any atom is -0.468 e. The molecule has 0 saturated carbocycles. The van der Waals surface area contributed by atoms with E-state index in [0.717, 1.165) is 12.8 Å². The van der Waals surface area contributed by atoms with Gasteiger partial charge in [0.1, 0.15) is 0 Å². The number of hydrogen-bond acceptors (Lipinski definition) is 2.